The standard InChI is InChI=1S/C13H17FN4O3/c14-10-5-9(7-17-1-3-21-4-2-17)6-11(19)13(10)18-8-12(20)15-16-18/h5-6,16,19H,1-4,7-8H2,(H,15,20). The molecule has 1 aromatic rings. The lowest BCUT2D eigenvalue weighted by Gasteiger charge is -2.27. The van der Waals surface area contributed by atoms with Crippen molar-refractivity contribution in [2.75, 3.05) is 37.9 Å². The third kappa shape index (κ3) is 3.07. The second-order valence-electron chi connectivity index (χ2n) is 5.08. The number of ether oxygens (including phenoxy) is 1. The van der Waals surface area contributed by atoms with Crippen LogP contribution >= 0.6 is 0 Å². The van der Waals surface area contributed by atoms with E-state index >= 15 is 0 Å². The molecular formula is C13H17FN4O3. The van der Waals surface area contributed by atoms with E-state index in [9.17, 15) is 14.3 Å². The van der Waals surface area contributed by atoms with Crippen LogP contribution in [0.2, 0.25) is 0 Å². The maximum Gasteiger partial charge on any atom is 0.256 e. The number of nitrogens with zero attached hydrogens (tertiary/aromatic N) is 2. The van der Waals surface area contributed by atoms with E-state index in [-0.39, 0.29) is 23.9 Å². The van der Waals surface area contributed by atoms with Crippen molar-refractivity contribution in [1.82, 2.24) is 15.9 Å². The molecule has 3 rings (SSSR count). The zero-order valence-corrected chi connectivity index (χ0v) is 11.4. The zero-order chi connectivity index (χ0) is 14.8. The molecule has 0 aromatic heterocycles. The predicted molar refractivity (Wildman–Crippen MR) is 72.8 cm³/mol. The van der Waals surface area contributed by atoms with Crippen LogP contribution in [0.3, 0.4) is 0 Å². The lowest BCUT2D eigenvalue weighted by molar-refractivity contribution is -0.118. The molecular weight excluding hydrogens is 279 g/mol. The lowest BCUT2D eigenvalue weighted by Crippen LogP contribution is -2.37. The molecule has 0 atom stereocenters. The number of anilines is 1. The van der Waals surface area contributed by atoms with E-state index in [1.165, 1.54) is 17.1 Å². The molecule has 0 saturated carbocycles. The van der Waals surface area contributed by atoms with Crippen molar-refractivity contribution in [3.05, 3.63) is 23.5 Å². The number of carbonyl (C=O) groups excluding carboxylic acids is 1. The smallest absolute Gasteiger partial charge is 0.256 e. The molecule has 2 saturated heterocycles. The minimum Gasteiger partial charge on any atom is -0.506 e. The van der Waals surface area contributed by atoms with Crippen molar-refractivity contribution < 1.29 is 19.0 Å². The Morgan fingerprint density at radius 3 is 2.71 bits per heavy atom. The van der Waals surface area contributed by atoms with E-state index in [1.54, 1.807) is 0 Å². The Balaban J connectivity index is 1.77. The first-order chi connectivity index (χ1) is 10.1. The van der Waals surface area contributed by atoms with E-state index < -0.39 is 5.82 Å². The number of amides is 1. The number of hydrogen-bond acceptors (Lipinski definition) is 6. The molecule has 21 heavy (non-hydrogen) atoms. The summed E-state index contributed by atoms with van der Waals surface area (Å²) in [4.78, 5) is 13.3. The highest BCUT2D eigenvalue weighted by atomic mass is 19.1. The molecule has 8 heteroatoms. The molecule has 0 unspecified atom stereocenters. The molecule has 0 bridgehead atoms. The third-order valence-electron chi connectivity index (χ3n) is 3.51. The van der Waals surface area contributed by atoms with Gasteiger partial charge >= 0.3 is 0 Å². The molecule has 114 valence electrons. The number of halogens is 1. The van der Waals surface area contributed by atoms with Crippen molar-refractivity contribution in [1.29, 1.82) is 0 Å². The number of phenols is 1. The first-order valence-corrected chi connectivity index (χ1v) is 6.77. The summed E-state index contributed by atoms with van der Waals surface area (Å²) < 4.78 is 19.5. The predicted octanol–water partition coefficient (Wildman–Crippen LogP) is -0.281. The molecule has 1 aromatic carbocycles. The zero-order valence-electron chi connectivity index (χ0n) is 11.4. The number of hydrazine groups is 2. The van der Waals surface area contributed by atoms with Gasteiger partial charge in [0.25, 0.3) is 5.91 Å². The lowest BCUT2D eigenvalue weighted by atomic mass is 10.1. The van der Waals surface area contributed by atoms with Gasteiger partial charge in [-0.3, -0.25) is 20.1 Å². The number of aromatic hydroxyl groups is 1. The summed E-state index contributed by atoms with van der Waals surface area (Å²) in [6.45, 7) is 3.41. The van der Waals surface area contributed by atoms with Crippen LogP contribution in [-0.2, 0) is 16.1 Å². The molecule has 7 nitrogen and oxygen atoms in total. The first-order valence-electron chi connectivity index (χ1n) is 6.77. The molecule has 2 heterocycles. The Morgan fingerprint density at radius 2 is 2.10 bits per heavy atom. The summed E-state index contributed by atoms with van der Waals surface area (Å²) in [5, 5.41) is 11.3. The second-order valence-corrected chi connectivity index (χ2v) is 5.08. The molecule has 2 fully saturated rings. The number of phenolic OH excluding ortho intramolecular Hbond substituents is 1. The van der Waals surface area contributed by atoms with Gasteiger partial charge in [0.15, 0.2) is 5.82 Å². The average molecular weight is 296 g/mol. The van der Waals surface area contributed by atoms with Crippen LogP contribution in [0.1, 0.15) is 5.56 Å². The van der Waals surface area contributed by atoms with Gasteiger partial charge in [-0.05, 0) is 17.7 Å². The number of rotatable bonds is 3. The number of carbonyl (C=O) groups is 1. The van der Waals surface area contributed by atoms with E-state index in [0.717, 1.165) is 13.1 Å². The van der Waals surface area contributed by atoms with Crippen LogP contribution in [-0.4, -0.2) is 48.8 Å². The third-order valence-corrected chi connectivity index (χ3v) is 3.51. The quantitative estimate of drug-likeness (QED) is 0.712. The van der Waals surface area contributed by atoms with Gasteiger partial charge in [-0.25, -0.2) is 4.39 Å². The molecule has 0 radical (unpaired) electrons. The van der Waals surface area contributed by atoms with Crippen molar-refractivity contribution in [2.24, 2.45) is 0 Å². The highest BCUT2D eigenvalue weighted by Crippen LogP contribution is 2.31. The number of benzene rings is 1. The number of hydrogen-bond donors (Lipinski definition) is 3. The van der Waals surface area contributed by atoms with Crippen LogP contribution in [0.4, 0.5) is 10.1 Å². The Bertz CT molecular complexity index is 525. The molecule has 2 aliphatic heterocycles. The minimum absolute atomic E-state index is 0.0286. The first kappa shape index (κ1) is 14.1. The van der Waals surface area contributed by atoms with E-state index in [0.29, 0.717) is 25.3 Å². The summed E-state index contributed by atoms with van der Waals surface area (Å²) in [6.07, 6.45) is 0. The topological polar surface area (TPSA) is 77.1 Å². The van der Waals surface area contributed by atoms with Crippen molar-refractivity contribution in [3.8, 4) is 5.75 Å². The van der Waals surface area contributed by atoms with Gasteiger partial charge in [0.1, 0.15) is 18.0 Å². The van der Waals surface area contributed by atoms with Crippen molar-refractivity contribution in [3.63, 3.8) is 0 Å². The van der Waals surface area contributed by atoms with Crippen LogP contribution in [0.25, 0.3) is 0 Å². The second kappa shape index (κ2) is 5.84. The van der Waals surface area contributed by atoms with Crippen LogP contribution in [0.5, 0.6) is 5.75 Å². The minimum atomic E-state index is -0.567. The van der Waals surface area contributed by atoms with Gasteiger partial charge in [0, 0.05) is 19.6 Å². The van der Waals surface area contributed by atoms with Crippen LogP contribution in [0, 0.1) is 5.82 Å². The summed E-state index contributed by atoms with van der Waals surface area (Å²) in [6, 6.07) is 2.91. The largest absolute Gasteiger partial charge is 0.506 e. The van der Waals surface area contributed by atoms with E-state index in [1.807, 2.05) is 0 Å². The number of morpholine rings is 1. The summed E-state index contributed by atoms with van der Waals surface area (Å²) in [7, 11) is 0. The molecule has 0 aliphatic carbocycles. The molecule has 1 amide bonds. The van der Waals surface area contributed by atoms with Gasteiger partial charge in [-0.15, -0.1) is 5.53 Å². The summed E-state index contributed by atoms with van der Waals surface area (Å²) >= 11 is 0. The maximum absolute atomic E-state index is 14.2. The Kier molecular flexibility index (Phi) is 3.91. The van der Waals surface area contributed by atoms with Gasteiger partial charge < -0.3 is 9.84 Å². The van der Waals surface area contributed by atoms with Crippen molar-refractivity contribution in [2.45, 2.75) is 6.54 Å². The Morgan fingerprint density at radius 1 is 1.33 bits per heavy atom. The normalized spacial score (nSPS) is 19.9. The molecule has 2 aliphatic rings. The summed E-state index contributed by atoms with van der Waals surface area (Å²) in [5.74, 6) is -1.05. The fourth-order valence-corrected chi connectivity index (χ4v) is 2.50. The monoisotopic (exact) mass is 296 g/mol. The number of nitrogens with one attached hydrogen (secondary N) is 2. The fraction of sp³-hybridized carbons (Fsp3) is 0.462. The van der Waals surface area contributed by atoms with Crippen LogP contribution < -0.4 is 16.0 Å². The van der Waals surface area contributed by atoms with Gasteiger partial charge in [-0.2, -0.15) is 0 Å². The van der Waals surface area contributed by atoms with Gasteiger partial charge in [0.05, 0.1) is 13.2 Å². The van der Waals surface area contributed by atoms with Gasteiger partial charge in [-0.1, -0.05) is 0 Å². The Labute approximate surface area is 121 Å². The average Bonchev–Trinajstić information content (AvgIpc) is 2.85. The Hall–Kier alpha value is -1.90. The molecule has 0 spiro atoms. The van der Waals surface area contributed by atoms with Crippen LogP contribution in [0.15, 0.2) is 12.1 Å². The highest BCUT2D eigenvalue weighted by Gasteiger charge is 2.25. The highest BCUT2D eigenvalue weighted by molar-refractivity contribution is 5.84. The summed E-state index contributed by atoms with van der Waals surface area (Å²) in [5.41, 5.74) is 5.51. The SMILES string of the molecule is O=C1CN(c2c(O)cc(CN3CCOCC3)cc2F)NN1. The molecule has 3 N–H and O–H groups in total. The van der Waals surface area contributed by atoms with Crippen molar-refractivity contribution >= 4 is 11.6 Å². The van der Waals surface area contributed by atoms with Gasteiger partial charge in [0.2, 0.25) is 0 Å². The fourth-order valence-electron chi connectivity index (χ4n) is 2.50. The van der Waals surface area contributed by atoms with E-state index in [4.69, 9.17) is 4.74 Å². The maximum atomic E-state index is 14.2. The van der Waals surface area contributed by atoms with E-state index in [2.05, 4.69) is 15.9 Å².